The van der Waals surface area contributed by atoms with E-state index in [1.54, 1.807) is 30.3 Å². The fourth-order valence-corrected chi connectivity index (χ4v) is 4.66. The number of carbonyl (C=O) groups is 1. The summed E-state index contributed by atoms with van der Waals surface area (Å²) in [6.07, 6.45) is -3.76. The molecule has 0 aromatic heterocycles. The van der Waals surface area contributed by atoms with Gasteiger partial charge in [0.15, 0.2) is 11.5 Å². The van der Waals surface area contributed by atoms with Gasteiger partial charge in [-0.15, -0.1) is 8.78 Å². The fraction of sp³-hybridized carbons (Fsp3) is 0.200. The van der Waals surface area contributed by atoms with Crippen molar-refractivity contribution in [3.05, 3.63) is 77.4 Å². The molecule has 38 heavy (non-hydrogen) atoms. The Hall–Kier alpha value is -4.23. The molecule has 0 atom stereocenters. The lowest BCUT2D eigenvalue weighted by Gasteiger charge is -2.29. The molecule has 2 heterocycles. The molecule has 2 N–H and O–H groups in total. The third-order valence-electron chi connectivity index (χ3n) is 6.08. The molecule has 0 unspecified atom stereocenters. The molecule has 198 valence electrons. The number of fused-ring (bicyclic) bond motifs is 2. The number of hydrogen-bond acceptors (Lipinski definition) is 8. The Morgan fingerprint density at radius 3 is 2.50 bits per heavy atom. The summed E-state index contributed by atoms with van der Waals surface area (Å²) in [5.41, 5.74) is 3.10. The van der Waals surface area contributed by atoms with E-state index in [2.05, 4.69) is 14.6 Å². The van der Waals surface area contributed by atoms with Gasteiger partial charge in [0.2, 0.25) is 15.9 Å². The highest BCUT2D eigenvalue weighted by Crippen LogP contribution is 2.42. The number of methoxy groups -OCH3 is 1. The number of likely N-dealkylation sites (N-methyl/N-ethyl adjacent to an activating group) is 1. The van der Waals surface area contributed by atoms with Gasteiger partial charge in [-0.25, -0.2) is 13.6 Å². The molecular formula is C25H22F2N4O6S. The number of anilines is 1. The van der Waals surface area contributed by atoms with Crippen LogP contribution in [0.15, 0.2) is 70.7 Å². The number of nitrogens with two attached hydrogens (primary N) is 1. The molecule has 0 radical (unpaired) electrons. The summed E-state index contributed by atoms with van der Waals surface area (Å²) in [5, 5.41) is 11.4. The van der Waals surface area contributed by atoms with Crippen LogP contribution in [-0.2, 0) is 21.4 Å². The second-order valence-electron chi connectivity index (χ2n) is 8.62. The van der Waals surface area contributed by atoms with Crippen molar-refractivity contribution in [3.8, 4) is 17.2 Å². The van der Waals surface area contributed by atoms with E-state index < -0.39 is 16.3 Å². The molecule has 0 saturated carbocycles. The molecule has 2 aliphatic heterocycles. The number of nitrogens with zero attached hydrogens (tertiary/aromatic N) is 3. The number of hydrogen-bond donors (Lipinski definition) is 1. The number of primary sulfonamides is 1. The number of alkyl halides is 2. The first kappa shape index (κ1) is 25.4. The van der Waals surface area contributed by atoms with Crippen LogP contribution in [0.3, 0.4) is 0 Å². The maximum atomic E-state index is 13.4. The SMILES string of the molecule is COc1ccc2c(c1)CN(CC(=O)N(C)c1ccc3c(c1)OC(F)(F)O3)N=C2c1ccc(S(N)(=O)=O)cc1. The molecule has 10 nitrogen and oxygen atoms in total. The van der Waals surface area contributed by atoms with Crippen molar-refractivity contribution in [1.82, 2.24) is 5.01 Å². The summed E-state index contributed by atoms with van der Waals surface area (Å²) in [5.74, 6) is -0.0388. The van der Waals surface area contributed by atoms with Gasteiger partial charge in [0.25, 0.3) is 0 Å². The van der Waals surface area contributed by atoms with E-state index in [0.29, 0.717) is 22.7 Å². The average molecular weight is 545 g/mol. The highest BCUT2D eigenvalue weighted by Gasteiger charge is 2.43. The first-order chi connectivity index (χ1) is 17.9. The van der Waals surface area contributed by atoms with Crippen molar-refractivity contribution in [3.63, 3.8) is 0 Å². The van der Waals surface area contributed by atoms with Crippen LogP contribution in [0.4, 0.5) is 14.5 Å². The van der Waals surface area contributed by atoms with Crippen LogP contribution in [0.1, 0.15) is 16.7 Å². The number of ether oxygens (including phenoxy) is 3. The molecule has 5 rings (SSSR count). The van der Waals surface area contributed by atoms with Gasteiger partial charge in [-0.3, -0.25) is 9.80 Å². The Kier molecular flexibility index (Phi) is 6.19. The second kappa shape index (κ2) is 9.26. The zero-order valence-electron chi connectivity index (χ0n) is 20.2. The van der Waals surface area contributed by atoms with Crippen LogP contribution in [0, 0.1) is 0 Å². The van der Waals surface area contributed by atoms with Gasteiger partial charge >= 0.3 is 6.29 Å². The van der Waals surface area contributed by atoms with Crippen molar-refractivity contribution >= 4 is 27.3 Å². The van der Waals surface area contributed by atoms with Crippen molar-refractivity contribution in [2.45, 2.75) is 17.7 Å². The van der Waals surface area contributed by atoms with Crippen LogP contribution in [0.25, 0.3) is 0 Å². The van der Waals surface area contributed by atoms with Crippen LogP contribution in [0.5, 0.6) is 17.2 Å². The number of rotatable bonds is 6. The Morgan fingerprint density at radius 1 is 1.11 bits per heavy atom. The van der Waals surface area contributed by atoms with E-state index in [1.165, 1.54) is 42.3 Å². The highest BCUT2D eigenvalue weighted by atomic mass is 32.2. The van der Waals surface area contributed by atoms with Gasteiger partial charge in [0.05, 0.1) is 24.3 Å². The lowest BCUT2D eigenvalue weighted by Crippen LogP contribution is -2.38. The minimum absolute atomic E-state index is 0.0391. The summed E-state index contributed by atoms with van der Waals surface area (Å²) >= 11 is 0. The normalized spacial score (nSPS) is 15.5. The molecule has 13 heteroatoms. The van der Waals surface area contributed by atoms with Crippen LogP contribution < -0.4 is 24.2 Å². The van der Waals surface area contributed by atoms with Gasteiger partial charge < -0.3 is 19.1 Å². The average Bonchev–Trinajstić information content (AvgIpc) is 3.19. The van der Waals surface area contributed by atoms with Crippen molar-refractivity contribution in [1.29, 1.82) is 0 Å². The number of amides is 1. The summed E-state index contributed by atoms with van der Waals surface area (Å²) in [4.78, 5) is 14.4. The fourth-order valence-electron chi connectivity index (χ4n) is 4.15. The maximum absolute atomic E-state index is 13.4. The first-order valence-corrected chi connectivity index (χ1v) is 12.8. The van der Waals surface area contributed by atoms with Gasteiger partial charge in [-0.1, -0.05) is 12.1 Å². The minimum atomic E-state index is -3.87. The maximum Gasteiger partial charge on any atom is 0.586 e. The summed E-state index contributed by atoms with van der Waals surface area (Å²) < 4.78 is 64.3. The van der Waals surface area contributed by atoms with E-state index in [9.17, 15) is 22.0 Å². The van der Waals surface area contributed by atoms with Crippen molar-refractivity contribution in [2.75, 3.05) is 25.6 Å². The van der Waals surface area contributed by atoms with Gasteiger partial charge in [-0.05, 0) is 48.0 Å². The van der Waals surface area contributed by atoms with Gasteiger partial charge in [-0.2, -0.15) is 5.10 Å². The molecular weight excluding hydrogens is 522 g/mol. The Balaban J connectivity index is 1.42. The highest BCUT2D eigenvalue weighted by molar-refractivity contribution is 7.89. The zero-order chi connectivity index (χ0) is 27.2. The van der Waals surface area contributed by atoms with E-state index in [1.807, 2.05) is 12.1 Å². The lowest BCUT2D eigenvalue weighted by atomic mass is 9.96. The van der Waals surface area contributed by atoms with Crippen molar-refractivity contribution < 1.29 is 36.2 Å². The van der Waals surface area contributed by atoms with E-state index >= 15 is 0 Å². The molecule has 0 fully saturated rings. The van der Waals surface area contributed by atoms with E-state index in [0.717, 1.165) is 11.1 Å². The lowest BCUT2D eigenvalue weighted by molar-refractivity contribution is -0.286. The summed E-state index contributed by atoms with van der Waals surface area (Å²) in [7, 11) is -0.814. The third kappa shape index (κ3) is 4.97. The smallest absolute Gasteiger partial charge is 0.497 e. The monoisotopic (exact) mass is 544 g/mol. The Labute approximate surface area is 216 Å². The quantitative estimate of drug-likeness (QED) is 0.506. The predicted molar refractivity (Wildman–Crippen MR) is 133 cm³/mol. The predicted octanol–water partition coefficient (Wildman–Crippen LogP) is 2.90. The molecule has 0 bridgehead atoms. The van der Waals surface area contributed by atoms with E-state index in [-0.39, 0.29) is 35.4 Å². The molecule has 2 aliphatic rings. The molecule has 1 amide bonds. The van der Waals surface area contributed by atoms with Gasteiger partial charge in [0.1, 0.15) is 12.3 Å². The topological polar surface area (TPSA) is 124 Å². The molecule has 0 aliphatic carbocycles. The minimum Gasteiger partial charge on any atom is -0.497 e. The largest absolute Gasteiger partial charge is 0.586 e. The van der Waals surface area contributed by atoms with Crippen LogP contribution >= 0.6 is 0 Å². The molecule has 3 aromatic carbocycles. The number of sulfonamides is 1. The standard InChI is InChI=1S/C25H22F2N4O6S/c1-30(17-5-10-21-22(12-17)37-25(26,27)36-21)23(32)14-31-13-16-11-18(35-2)6-9-20(16)24(29-31)15-3-7-19(8-4-15)38(28,33)34/h3-12H,13-14H2,1-2H3,(H2,28,33,34). The summed E-state index contributed by atoms with van der Waals surface area (Å²) in [6, 6.07) is 15.5. The zero-order valence-corrected chi connectivity index (χ0v) is 21.0. The van der Waals surface area contributed by atoms with Gasteiger partial charge in [0, 0.05) is 29.9 Å². The number of carbonyl (C=O) groups excluding carboxylic acids is 1. The second-order valence-corrected chi connectivity index (χ2v) is 10.2. The first-order valence-electron chi connectivity index (χ1n) is 11.2. The molecule has 3 aromatic rings. The van der Waals surface area contributed by atoms with Crippen LogP contribution in [-0.4, -0.2) is 52.0 Å². The molecule has 0 spiro atoms. The Bertz CT molecular complexity index is 1560. The van der Waals surface area contributed by atoms with Crippen LogP contribution in [0.2, 0.25) is 0 Å². The van der Waals surface area contributed by atoms with Crippen molar-refractivity contribution in [2.24, 2.45) is 10.2 Å². The molecule has 0 saturated heterocycles. The number of benzene rings is 3. The summed E-state index contributed by atoms with van der Waals surface area (Å²) in [6.45, 7) is 0.148. The Morgan fingerprint density at radius 2 is 1.82 bits per heavy atom. The number of hydrazone groups is 1. The van der Waals surface area contributed by atoms with E-state index in [4.69, 9.17) is 9.88 Å². The third-order valence-corrected chi connectivity index (χ3v) is 7.01. The number of halogens is 2.